The largest absolute Gasteiger partial charge is 0.355 e. The van der Waals surface area contributed by atoms with E-state index in [1.54, 1.807) is 0 Å². The predicted molar refractivity (Wildman–Crippen MR) is 207 cm³/mol. The zero-order valence-corrected chi connectivity index (χ0v) is 26.6. The summed E-state index contributed by atoms with van der Waals surface area (Å²) in [6, 6.07) is 62.1. The molecule has 0 amide bonds. The molecule has 11 aromatic rings. The first-order valence-electron chi connectivity index (χ1n) is 16.9. The zero-order valence-electron chi connectivity index (χ0n) is 26.6. The minimum absolute atomic E-state index is 1.16. The summed E-state index contributed by atoms with van der Waals surface area (Å²) < 4.78 is 4.82. The lowest BCUT2D eigenvalue weighted by atomic mass is 9.98. The van der Waals surface area contributed by atoms with Gasteiger partial charge in [-0.25, -0.2) is 0 Å². The van der Waals surface area contributed by atoms with Crippen LogP contribution < -0.4 is 0 Å². The summed E-state index contributed by atoms with van der Waals surface area (Å²) in [4.78, 5) is 3.58. The van der Waals surface area contributed by atoms with Gasteiger partial charge in [0.05, 0.1) is 22.1 Å². The van der Waals surface area contributed by atoms with Crippen molar-refractivity contribution in [2.24, 2.45) is 0 Å². The van der Waals surface area contributed by atoms with Crippen LogP contribution in [0.5, 0.6) is 0 Å². The van der Waals surface area contributed by atoms with Gasteiger partial charge in [-0.3, -0.25) is 0 Å². The number of fused-ring (bicyclic) bond motifs is 11. The molecule has 3 heteroatoms. The topological polar surface area (TPSA) is 25.6 Å². The smallest absolute Gasteiger partial charge is 0.0547 e. The fourth-order valence-electron chi connectivity index (χ4n) is 8.24. The molecule has 11 rings (SSSR count). The molecular formula is C46H29N3. The molecule has 0 aliphatic heterocycles. The normalized spacial score (nSPS) is 12.1. The summed E-state index contributed by atoms with van der Waals surface area (Å²) in [6.07, 6.45) is 0. The van der Waals surface area contributed by atoms with Crippen LogP contribution in [-0.2, 0) is 0 Å². The molecule has 0 radical (unpaired) electrons. The highest BCUT2D eigenvalue weighted by molar-refractivity contribution is 6.22. The van der Waals surface area contributed by atoms with E-state index in [9.17, 15) is 0 Å². The molecule has 0 saturated carbocycles. The van der Waals surface area contributed by atoms with E-state index in [4.69, 9.17) is 0 Å². The van der Waals surface area contributed by atoms with Gasteiger partial charge in [0.15, 0.2) is 0 Å². The van der Waals surface area contributed by atoms with E-state index in [-0.39, 0.29) is 0 Å². The van der Waals surface area contributed by atoms with E-state index in [0.717, 1.165) is 11.2 Å². The number of nitrogens with one attached hydrogen (secondary N) is 1. The maximum atomic E-state index is 3.58. The van der Waals surface area contributed by atoms with Gasteiger partial charge in [-0.05, 0) is 94.7 Å². The molecule has 1 N–H and O–H groups in total. The standard InChI is InChI=1S/C46H29N3/c1-2-10-32(11-3-1)48-44-24-19-30(29-18-23-41-38(27-29)35-12-4-7-15-40(35)47-41)28-39(44)46-34-22-21-33(26-31(34)20-25-45(46)48)49-42-16-8-5-13-36(42)37-14-6-9-17-43(37)49/h1-28,47H. The molecule has 3 heterocycles. The molecule has 0 unspecified atom stereocenters. The first kappa shape index (κ1) is 26.5. The van der Waals surface area contributed by atoms with Crippen molar-refractivity contribution in [2.75, 3.05) is 0 Å². The summed E-state index contributed by atoms with van der Waals surface area (Å²) in [5.74, 6) is 0. The van der Waals surface area contributed by atoms with Crippen molar-refractivity contribution in [1.29, 1.82) is 0 Å². The van der Waals surface area contributed by atoms with Gasteiger partial charge in [-0.2, -0.15) is 0 Å². The molecule has 8 aromatic carbocycles. The van der Waals surface area contributed by atoms with Gasteiger partial charge in [0.1, 0.15) is 0 Å². The molecule has 0 aliphatic rings. The Balaban J connectivity index is 1.17. The fraction of sp³-hybridized carbons (Fsp3) is 0. The van der Waals surface area contributed by atoms with Gasteiger partial charge in [-0.1, -0.05) is 97.1 Å². The van der Waals surface area contributed by atoms with E-state index < -0.39 is 0 Å². The molecule has 3 nitrogen and oxygen atoms in total. The SMILES string of the molecule is c1ccc(-n2c3ccc(-c4ccc5[nH]c6ccccc6c5c4)cc3c3c4ccc(-n5c6ccccc6c6ccccc65)cc4ccc32)cc1. The Hall–Kier alpha value is -6.58. The number of hydrogen-bond acceptors (Lipinski definition) is 0. The second-order valence-electron chi connectivity index (χ2n) is 13.1. The van der Waals surface area contributed by atoms with E-state index in [2.05, 4.69) is 184 Å². The van der Waals surface area contributed by atoms with Crippen molar-refractivity contribution < 1.29 is 0 Å². The van der Waals surface area contributed by atoms with Crippen LogP contribution in [0, 0.1) is 0 Å². The third-order valence-corrected chi connectivity index (χ3v) is 10.4. The number of para-hydroxylation sites is 4. The molecule has 0 spiro atoms. The van der Waals surface area contributed by atoms with Gasteiger partial charge in [0.25, 0.3) is 0 Å². The zero-order chi connectivity index (χ0) is 32.1. The van der Waals surface area contributed by atoms with Gasteiger partial charge in [-0.15, -0.1) is 0 Å². The predicted octanol–water partition coefficient (Wildman–Crippen LogP) is 12.3. The van der Waals surface area contributed by atoms with Gasteiger partial charge >= 0.3 is 0 Å². The summed E-state index contributed by atoms with van der Waals surface area (Å²) in [5.41, 5.74) is 12.0. The van der Waals surface area contributed by atoms with Crippen LogP contribution in [0.1, 0.15) is 0 Å². The average Bonchev–Trinajstić information content (AvgIpc) is 3.82. The van der Waals surface area contributed by atoms with Crippen molar-refractivity contribution >= 4 is 76.2 Å². The van der Waals surface area contributed by atoms with E-state index in [1.165, 1.54) is 87.5 Å². The molecule has 0 fully saturated rings. The van der Waals surface area contributed by atoms with Crippen molar-refractivity contribution in [3.05, 3.63) is 170 Å². The Bertz CT molecular complexity index is 3050. The molecule has 228 valence electrons. The molecule has 0 atom stereocenters. The quantitative estimate of drug-likeness (QED) is 0.203. The van der Waals surface area contributed by atoms with Crippen molar-refractivity contribution in [1.82, 2.24) is 14.1 Å². The Labute approximate surface area is 281 Å². The van der Waals surface area contributed by atoms with Crippen LogP contribution in [0.2, 0.25) is 0 Å². The van der Waals surface area contributed by atoms with Crippen LogP contribution in [0.25, 0.3) is 98.7 Å². The van der Waals surface area contributed by atoms with Crippen LogP contribution in [-0.4, -0.2) is 14.1 Å². The highest BCUT2D eigenvalue weighted by Crippen LogP contribution is 2.41. The molecule has 0 aliphatic carbocycles. The van der Waals surface area contributed by atoms with E-state index in [0.29, 0.717) is 0 Å². The molecule has 0 bridgehead atoms. The Morgan fingerprint density at radius 1 is 0.327 bits per heavy atom. The summed E-state index contributed by atoms with van der Waals surface area (Å²) in [5, 5.41) is 10.1. The van der Waals surface area contributed by atoms with Crippen LogP contribution in [0.4, 0.5) is 0 Å². The number of hydrogen-bond donors (Lipinski definition) is 1. The summed E-state index contributed by atoms with van der Waals surface area (Å²) in [7, 11) is 0. The maximum Gasteiger partial charge on any atom is 0.0547 e. The average molecular weight is 624 g/mol. The van der Waals surface area contributed by atoms with Crippen molar-refractivity contribution in [2.45, 2.75) is 0 Å². The minimum Gasteiger partial charge on any atom is -0.355 e. The maximum absolute atomic E-state index is 3.58. The Kier molecular flexibility index (Phi) is 5.38. The molecule has 3 aromatic heterocycles. The van der Waals surface area contributed by atoms with Crippen molar-refractivity contribution in [3.8, 4) is 22.5 Å². The second kappa shape index (κ2) is 9.96. The number of benzene rings is 8. The van der Waals surface area contributed by atoms with Crippen molar-refractivity contribution in [3.63, 3.8) is 0 Å². The highest BCUT2D eigenvalue weighted by Gasteiger charge is 2.18. The lowest BCUT2D eigenvalue weighted by Gasteiger charge is -2.11. The number of nitrogens with zero attached hydrogens (tertiary/aromatic N) is 2. The van der Waals surface area contributed by atoms with E-state index >= 15 is 0 Å². The van der Waals surface area contributed by atoms with Gasteiger partial charge in [0.2, 0.25) is 0 Å². The second-order valence-corrected chi connectivity index (χ2v) is 13.1. The third-order valence-electron chi connectivity index (χ3n) is 10.4. The van der Waals surface area contributed by atoms with E-state index in [1.807, 2.05) is 0 Å². The van der Waals surface area contributed by atoms with Crippen LogP contribution in [0.3, 0.4) is 0 Å². The fourth-order valence-corrected chi connectivity index (χ4v) is 8.24. The van der Waals surface area contributed by atoms with Gasteiger partial charge in [0, 0.05) is 54.7 Å². The first-order chi connectivity index (χ1) is 24.3. The number of H-pyrrole nitrogens is 1. The van der Waals surface area contributed by atoms with Crippen LogP contribution >= 0.6 is 0 Å². The Morgan fingerprint density at radius 3 is 1.71 bits per heavy atom. The molecule has 49 heavy (non-hydrogen) atoms. The highest BCUT2D eigenvalue weighted by atomic mass is 15.0. The number of aromatic nitrogens is 3. The summed E-state index contributed by atoms with van der Waals surface area (Å²) >= 11 is 0. The lowest BCUT2D eigenvalue weighted by Crippen LogP contribution is -1.94. The number of rotatable bonds is 3. The third kappa shape index (κ3) is 3.78. The van der Waals surface area contributed by atoms with Crippen LogP contribution in [0.15, 0.2) is 170 Å². The van der Waals surface area contributed by atoms with Gasteiger partial charge < -0.3 is 14.1 Å². The minimum atomic E-state index is 1.16. The Morgan fingerprint density at radius 2 is 0.918 bits per heavy atom. The molecule has 0 saturated heterocycles. The lowest BCUT2D eigenvalue weighted by molar-refractivity contribution is 1.18. The first-order valence-corrected chi connectivity index (χ1v) is 16.9. The number of aromatic amines is 1. The molecular weight excluding hydrogens is 595 g/mol. The monoisotopic (exact) mass is 623 g/mol. The summed E-state index contributed by atoms with van der Waals surface area (Å²) in [6.45, 7) is 0.